The number of carbonyl (C=O) groups is 1. The van der Waals surface area contributed by atoms with Crippen LogP contribution in [0.1, 0.15) is 11.1 Å². The quantitative estimate of drug-likeness (QED) is 0.195. The zero-order valence-electron chi connectivity index (χ0n) is 21.8. The minimum absolute atomic E-state index is 0.0564. The molecule has 0 saturated carbocycles. The fourth-order valence-electron chi connectivity index (χ4n) is 4.51. The average molecular weight is 579 g/mol. The number of para-hydroxylation sites is 1. The SMILES string of the molecule is COC(=O)[C@@H](Cc1ccccc1OC)Oc1ncnc2oc(-c3ccc(Cl)cc3)c(-c3ccc(O)c(Cl)c3C)c12. The molecule has 5 rings (SSSR count). The van der Waals surface area contributed by atoms with Crippen LogP contribution in [0.4, 0.5) is 0 Å². The molecule has 0 aliphatic heterocycles. The third kappa shape index (κ3) is 5.15. The Morgan fingerprint density at radius 3 is 2.50 bits per heavy atom. The Kier molecular flexibility index (Phi) is 7.82. The Morgan fingerprint density at radius 2 is 1.77 bits per heavy atom. The van der Waals surface area contributed by atoms with Crippen LogP contribution in [0, 0.1) is 6.92 Å². The van der Waals surface area contributed by atoms with Gasteiger partial charge in [-0.3, -0.25) is 0 Å². The molecule has 0 aliphatic rings. The fourth-order valence-corrected chi connectivity index (χ4v) is 4.80. The van der Waals surface area contributed by atoms with Crippen LogP contribution in [0.15, 0.2) is 71.4 Å². The van der Waals surface area contributed by atoms with Crippen LogP contribution in [0.2, 0.25) is 10.0 Å². The number of hydrogen-bond donors (Lipinski definition) is 1. The van der Waals surface area contributed by atoms with E-state index in [4.69, 9.17) is 41.8 Å². The predicted octanol–water partition coefficient (Wildman–Crippen LogP) is 7.05. The van der Waals surface area contributed by atoms with Crippen molar-refractivity contribution in [2.45, 2.75) is 19.4 Å². The molecule has 10 heteroatoms. The summed E-state index contributed by atoms with van der Waals surface area (Å²) in [4.78, 5) is 21.6. The first kappa shape index (κ1) is 27.3. The van der Waals surface area contributed by atoms with Crippen molar-refractivity contribution in [2.24, 2.45) is 0 Å². The van der Waals surface area contributed by atoms with Gasteiger partial charge in [-0.05, 0) is 60.0 Å². The van der Waals surface area contributed by atoms with Crippen molar-refractivity contribution in [3.63, 3.8) is 0 Å². The van der Waals surface area contributed by atoms with Gasteiger partial charge in [-0.25, -0.2) is 14.8 Å². The number of phenols is 1. The highest BCUT2D eigenvalue weighted by Crippen LogP contribution is 2.46. The molecule has 1 N–H and O–H groups in total. The van der Waals surface area contributed by atoms with Gasteiger partial charge in [0, 0.05) is 22.6 Å². The summed E-state index contributed by atoms with van der Waals surface area (Å²) in [6.45, 7) is 1.78. The Bertz CT molecular complexity index is 1700. The van der Waals surface area contributed by atoms with Gasteiger partial charge in [-0.15, -0.1) is 0 Å². The van der Waals surface area contributed by atoms with E-state index in [2.05, 4.69) is 9.97 Å². The molecule has 204 valence electrons. The molecule has 2 aromatic heterocycles. The Hall–Kier alpha value is -4.27. The number of aromatic hydroxyl groups is 1. The maximum atomic E-state index is 12.9. The number of esters is 1. The number of rotatable bonds is 8. The highest BCUT2D eigenvalue weighted by molar-refractivity contribution is 6.33. The normalized spacial score (nSPS) is 11.8. The molecular weight excluding hydrogens is 555 g/mol. The van der Waals surface area contributed by atoms with E-state index < -0.39 is 12.1 Å². The number of furan rings is 1. The van der Waals surface area contributed by atoms with E-state index in [1.165, 1.54) is 19.5 Å². The van der Waals surface area contributed by atoms with E-state index in [1.807, 2.05) is 30.3 Å². The first-order valence-corrected chi connectivity index (χ1v) is 13.0. The molecular formula is C30H24Cl2N2O6. The molecule has 8 nitrogen and oxygen atoms in total. The molecule has 0 bridgehead atoms. The number of aromatic nitrogens is 2. The average Bonchev–Trinajstić information content (AvgIpc) is 3.36. The highest BCUT2D eigenvalue weighted by Gasteiger charge is 2.29. The van der Waals surface area contributed by atoms with Crippen LogP contribution in [0.25, 0.3) is 33.6 Å². The second-order valence-electron chi connectivity index (χ2n) is 8.89. The lowest BCUT2D eigenvalue weighted by atomic mass is 9.95. The van der Waals surface area contributed by atoms with E-state index in [0.717, 1.165) is 5.56 Å². The van der Waals surface area contributed by atoms with E-state index in [9.17, 15) is 9.90 Å². The van der Waals surface area contributed by atoms with Crippen LogP contribution in [-0.2, 0) is 16.0 Å². The molecule has 0 radical (unpaired) electrons. The predicted molar refractivity (Wildman–Crippen MR) is 152 cm³/mol. The summed E-state index contributed by atoms with van der Waals surface area (Å²) in [6, 6.07) is 17.7. The van der Waals surface area contributed by atoms with E-state index in [-0.39, 0.29) is 28.8 Å². The summed E-state index contributed by atoms with van der Waals surface area (Å²) in [5.41, 5.74) is 3.53. The van der Waals surface area contributed by atoms with Gasteiger partial charge < -0.3 is 23.7 Å². The summed E-state index contributed by atoms with van der Waals surface area (Å²) in [5.74, 6) is 0.527. The van der Waals surface area contributed by atoms with Gasteiger partial charge >= 0.3 is 5.97 Å². The van der Waals surface area contributed by atoms with Crippen LogP contribution in [0.5, 0.6) is 17.4 Å². The number of halogens is 2. The molecule has 0 aliphatic carbocycles. The molecule has 2 heterocycles. The molecule has 0 spiro atoms. The Labute approximate surface area is 240 Å². The summed E-state index contributed by atoms with van der Waals surface area (Å²) in [5, 5.41) is 11.4. The lowest BCUT2D eigenvalue weighted by Gasteiger charge is -2.18. The summed E-state index contributed by atoms with van der Waals surface area (Å²) < 4.78 is 23.0. The highest BCUT2D eigenvalue weighted by atomic mass is 35.5. The van der Waals surface area contributed by atoms with Gasteiger partial charge in [0.25, 0.3) is 0 Å². The van der Waals surface area contributed by atoms with Crippen LogP contribution >= 0.6 is 23.2 Å². The largest absolute Gasteiger partial charge is 0.506 e. The standard InChI is InChI=1S/C30H24Cl2N2O6/c1-16-20(12-13-21(35)26(16)32)24-25-28(33-15-34-29(25)40-27(24)17-8-10-19(31)11-9-17)39-23(30(36)38-3)14-18-6-4-5-7-22(18)37-2/h4-13,15,23,35H,14H2,1-3H3/t23-/m1/s1. The molecule has 0 unspecified atom stereocenters. The summed E-state index contributed by atoms with van der Waals surface area (Å²) >= 11 is 12.6. The van der Waals surface area contributed by atoms with Gasteiger partial charge in [-0.2, -0.15) is 0 Å². The lowest BCUT2D eigenvalue weighted by Crippen LogP contribution is -2.31. The van der Waals surface area contributed by atoms with Crippen molar-refractivity contribution in [3.8, 4) is 39.8 Å². The summed E-state index contributed by atoms with van der Waals surface area (Å²) in [6.07, 6.45) is 0.388. The van der Waals surface area contributed by atoms with Gasteiger partial charge in [-0.1, -0.05) is 47.5 Å². The van der Waals surface area contributed by atoms with Gasteiger partial charge in [0.15, 0.2) is 0 Å². The molecule has 5 aromatic rings. The monoisotopic (exact) mass is 578 g/mol. The topological polar surface area (TPSA) is 104 Å². The molecule has 0 fully saturated rings. The lowest BCUT2D eigenvalue weighted by molar-refractivity contribution is -0.148. The first-order valence-electron chi connectivity index (χ1n) is 12.2. The van der Waals surface area contributed by atoms with Crippen molar-refractivity contribution in [1.82, 2.24) is 9.97 Å². The number of benzene rings is 3. The van der Waals surface area contributed by atoms with Crippen LogP contribution in [-0.4, -0.2) is 41.4 Å². The number of phenolic OH excluding ortho intramolecular Hbond substituents is 1. The van der Waals surface area contributed by atoms with E-state index in [0.29, 0.717) is 44.2 Å². The molecule has 0 amide bonds. The second kappa shape index (κ2) is 11.5. The van der Waals surface area contributed by atoms with Crippen molar-refractivity contribution in [3.05, 3.63) is 88.2 Å². The van der Waals surface area contributed by atoms with Crippen molar-refractivity contribution < 1.29 is 28.5 Å². The van der Waals surface area contributed by atoms with E-state index in [1.54, 1.807) is 38.3 Å². The Morgan fingerprint density at radius 1 is 1.02 bits per heavy atom. The van der Waals surface area contributed by atoms with Crippen molar-refractivity contribution in [2.75, 3.05) is 14.2 Å². The molecule has 0 saturated heterocycles. The fraction of sp³-hybridized carbons (Fsp3) is 0.167. The smallest absolute Gasteiger partial charge is 0.347 e. The molecule has 3 aromatic carbocycles. The second-order valence-corrected chi connectivity index (χ2v) is 9.70. The number of hydrogen-bond acceptors (Lipinski definition) is 8. The summed E-state index contributed by atoms with van der Waals surface area (Å²) in [7, 11) is 2.85. The van der Waals surface area contributed by atoms with E-state index >= 15 is 0 Å². The van der Waals surface area contributed by atoms with Gasteiger partial charge in [0.1, 0.15) is 29.0 Å². The third-order valence-electron chi connectivity index (χ3n) is 6.51. The van der Waals surface area contributed by atoms with Gasteiger partial charge in [0.2, 0.25) is 17.7 Å². The van der Waals surface area contributed by atoms with Crippen molar-refractivity contribution >= 4 is 40.3 Å². The molecule has 1 atom stereocenters. The minimum atomic E-state index is -1.06. The minimum Gasteiger partial charge on any atom is -0.506 e. The number of carbonyl (C=O) groups excluding carboxylic acids is 1. The van der Waals surface area contributed by atoms with Crippen molar-refractivity contribution in [1.29, 1.82) is 0 Å². The third-order valence-corrected chi connectivity index (χ3v) is 7.24. The number of methoxy groups -OCH3 is 2. The van der Waals surface area contributed by atoms with Crippen LogP contribution in [0.3, 0.4) is 0 Å². The van der Waals surface area contributed by atoms with Gasteiger partial charge in [0.05, 0.1) is 19.2 Å². The zero-order valence-corrected chi connectivity index (χ0v) is 23.3. The molecule has 40 heavy (non-hydrogen) atoms. The number of ether oxygens (including phenoxy) is 3. The maximum absolute atomic E-state index is 12.9. The number of fused-ring (bicyclic) bond motifs is 1. The number of nitrogens with zero attached hydrogens (tertiary/aromatic N) is 2. The van der Waals surface area contributed by atoms with Crippen LogP contribution < -0.4 is 9.47 Å². The zero-order chi connectivity index (χ0) is 28.4. The Balaban J connectivity index is 1.71. The first-order chi connectivity index (χ1) is 19.3. The maximum Gasteiger partial charge on any atom is 0.347 e.